The number of hydrogen-bond donors (Lipinski definition) is 0. The molecule has 2 unspecified atom stereocenters. The van der Waals surface area contributed by atoms with Gasteiger partial charge in [-0.2, -0.15) is 0 Å². The fourth-order valence-electron chi connectivity index (χ4n) is 2.21. The molecule has 0 saturated carbocycles. The third-order valence-corrected chi connectivity index (χ3v) is 3.82. The Morgan fingerprint density at radius 2 is 2.12 bits per heavy atom. The normalized spacial score (nSPS) is 22.2. The molecule has 1 aliphatic rings. The van der Waals surface area contributed by atoms with E-state index < -0.39 is 0 Å². The molecule has 0 N–H and O–H groups in total. The van der Waals surface area contributed by atoms with Crippen LogP contribution in [0.25, 0.3) is 0 Å². The van der Waals surface area contributed by atoms with Crippen LogP contribution < -0.4 is 0 Å². The van der Waals surface area contributed by atoms with E-state index in [1.54, 1.807) is 0 Å². The Bertz CT molecular complexity index is 314. The van der Waals surface area contributed by atoms with Crippen molar-refractivity contribution in [3.8, 4) is 0 Å². The molecule has 16 heavy (non-hydrogen) atoms. The highest BCUT2D eigenvalue weighted by Gasteiger charge is 2.25. The number of ether oxygens (including phenoxy) is 1. The van der Waals surface area contributed by atoms with Gasteiger partial charge in [-0.1, -0.05) is 37.6 Å². The second-order valence-corrected chi connectivity index (χ2v) is 4.99. The summed E-state index contributed by atoms with van der Waals surface area (Å²) in [5, 5.41) is 0.109. The lowest BCUT2D eigenvalue weighted by molar-refractivity contribution is 0.185. The summed E-state index contributed by atoms with van der Waals surface area (Å²) in [6.45, 7) is 3.88. The molecule has 1 aromatic carbocycles. The number of benzene rings is 1. The Labute approximate surface area is 103 Å². The van der Waals surface area contributed by atoms with Crippen LogP contribution in [0, 0.1) is 5.92 Å². The first-order chi connectivity index (χ1) is 7.81. The first-order valence-electron chi connectivity index (χ1n) is 6.12. The van der Waals surface area contributed by atoms with Crippen LogP contribution in [0.4, 0.5) is 0 Å². The van der Waals surface area contributed by atoms with Crippen LogP contribution in [0.2, 0.25) is 0 Å². The standard InChI is InChI=1S/C14H19ClO/c1-2-3-11-4-6-12(7-5-11)14(15)13-8-9-16-10-13/h4-7,13-14H,2-3,8-10H2,1H3. The van der Waals surface area contributed by atoms with Gasteiger partial charge in [-0.3, -0.25) is 0 Å². The van der Waals surface area contributed by atoms with Gasteiger partial charge >= 0.3 is 0 Å². The van der Waals surface area contributed by atoms with E-state index in [-0.39, 0.29) is 5.38 Å². The zero-order chi connectivity index (χ0) is 11.4. The Morgan fingerprint density at radius 1 is 1.38 bits per heavy atom. The molecule has 0 aromatic heterocycles. The van der Waals surface area contributed by atoms with E-state index in [1.807, 2.05) is 0 Å². The average Bonchev–Trinajstić information content (AvgIpc) is 2.83. The molecule has 1 heterocycles. The predicted molar refractivity (Wildman–Crippen MR) is 68.0 cm³/mol. The maximum absolute atomic E-state index is 6.46. The van der Waals surface area contributed by atoms with Crippen LogP contribution in [0.5, 0.6) is 0 Å². The lowest BCUT2D eigenvalue weighted by atomic mass is 9.97. The molecule has 0 aliphatic carbocycles. The molecule has 1 nitrogen and oxygen atoms in total. The number of alkyl halides is 1. The molecule has 2 rings (SSSR count). The average molecular weight is 239 g/mol. The van der Waals surface area contributed by atoms with Crippen molar-refractivity contribution in [3.05, 3.63) is 35.4 Å². The maximum Gasteiger partial charge on any atom is 0.0636 e. The van der Waals surface area contributed by atoms with Crippen LogP contribution in [0.15, 0.2) is 24.3 Å². The fourth-order valence-corrected chi connectivity index (χ4v) is 2.56. The van der Waals surface area contributed by atoms with Crippen molar-refractivity contribution in [1.82, 2.24) is 0 Å². The van der Waals surface area contributed by atoms with Gasteiger partial charge in [-0.25, -0.2) is 0 Å². The Kier molecular flexibility index (Phi) is 4.25. The molecule has 0 radical (unpaired) electrons. The van der Waals surface area contributed by atoms with Gasteiger partial charge in [0, 0.05) is 12.5 Å². The third kappa shape index (κ3) is 2.78. The Balaban J connectivity index is 2.02. The first kappa shape index (κ1) is 11.9. The summed E-state index contributed by atoms with van der Waals surface area (Å²) in [6, 6.07) is 8.73. The van der Waals surface area contributed by atoms with Crippen molar-refractivity contribution in [2.24, 2.45) is 5.92 Å². The quantitative estimate of drug-likeness (QED) is 0.722. The predicted octanol–water partition coefficient (Wildman–Crippen LogP) is 3.96. The van der Waals surface area contributed by atoms with Crippen LogP contribution >= 0.6 is 11.6 Å². The smallest absolute Gasteiger partial charge is 0.0636 e. The zero-order valence-electron chi connectivity index (χ0n) is 9.79. The minimum absolute atomic E-state index is 0.109. The van der Waals surface area contributed by atoms with Crippen molar-refractivity contribution in [2.75, 3.05) is 13.2 Å². The topological polar surface area (TPSA) is 9.23 Å². The zero-order valence-corrected chi connectivity index (χ0v) is 10.5. The molecule has 1 aromatic rings. The summed E-state index contributed by atoms with van der Waals surface area (Å²) < 4.78 is 5.38. The van der Waals surface area contributed by atoms with Crippen molar-refractivity contribution in [3.63, 3.8) is 0 Å². The summed E-state index contributed by atoms with van der Waals surface area (Å²) in [5.74, 6) is 0.485. The van der Waals surface area contributed by atoms with Gasteiger partial charge in [-0.05, 0) is 24.0 Å². The molecule has 1 aliphatic heterocycles. The lowest BCUT2D eigenvalue weighted by Gasteiger charge is -2.16. The van der Waals surface area contributed by atoms with Crippen LogP contribution in [0.3, 0.4) is 0 Å². The molecule has 2 atom stereocenters. The lowest BCUT2D eigenvalue weighted by Crippen LogP contribution is -2.07. The second-order valence-electron chi connectivity index (χ2n) is 4.52. The Morgan fingerprint density at radius 3 is 2.69 bits per heavy atom. The van der Waals surface area contributed by atoms with Crippen molar-refractivity contribution < 1.29 is 4.74 Å². The van der Waals surface area contributed by atoms with Gasteiger partial charge in [0.15, 0.2) is 0 Å². The van der Waals surface area contributed by atoms with Gasteiger partial charge in [0.1, 0.15) is 0 Å². The molecule has 1 saturated heterocycles. The summed E-state index contributed by atoms with van der Waals surface area (Å²) >= 11 is 6.46. The van der Waals surface area contributed by atoms with Crippen LogP contribution in [-0.4, -0.2) is 13.2 Å². The van der Waals surface area contributed by atoms with Gasteiger partial charge in [0.05, 0.1) is 12.0 Å². The molecule has 2 heteroatoms. The molecule has 0 bridgehead atoms. The second kappa shape index (κ2) is 5.70. The highest BCUT2D eigenvalue weighted by atomic mass is 35.5. The summed E-state index contributed by atoms with van der Waals surface area (Å²) in [5.41, 5.74) is 2.63. The van der Waals surface area contributed by atoms with E-state index in [2.05, 4.69) is 31.2 Å². The minimum atomic E-state index is 0.109. The summed E-state index contributed by atoms with van der Waals surface area (Å²) in [4.78, 5) is 0. The largest absolute Gasteiger partial charge is 0.381 e. The molecular weight excluding hydrogens is 220 g/mol. The molecule has 0 spiro atoms. The van der Waals surface area contributed by atoms with E-state index in [0.29, 0.717) is 5.92 Å². The van der Waals surface area contributed by atoms with Gasteiger partial charge in [-0.15, -0.1) is 11.6 Å². The van der Waals surface area contributed by atoms with Gasteiger partial charge in [0.25, 0.3) is 0 Å². The Hall–Kier alpha value is -0.530. The van der Waals surface area contributed by atoms with Crippen molar-refractivity contribution >= 4 is 11.6 Å². The molecular formula is C14H19ClO. The number of rotatable bonds is 4. The summed E-state index contributed by atoms with van der Waals surface area (Å²) in [6.07, 6.45) is 3.44. The number of hydrogen-bond acceptors (Lipinski definition) is 1. The van der Waals surface area contributed by atoms with E-state index in [1.165, 1.54) is 17.5 Å². The number of aryl methyl sites for hydroxylation is 1. The highest BCUT2D eigenvalue weighted by molar-refractivity contribution is 6.21. The SMILES string of the molecule is CCCc1ccc(C(Cl)C2CCOC2)cc1. The fraction of sp³-hybridized carbons (Fsp3) is 0.571. The molecule has 1 fully saturated rings. The highest BCUT2D eigenvalue weighted by Crippen LogP contribution is 2.34. The minimum Gasteiger partial charge on any atom is -0.381 e. The molecule has 88 valence electrons. The maximum atomic E-state index is 6.46. The van der Waals surface area contributed by atoms with Crippen LogP contribution in [-0.2, 0) is 11.2 Å². The van der Waals surface area contributed by atoms with Crippen LogP contribution in [0.1, 0.15) is 36.3 Å². The van der Waals surface area contributed by atoms with E-state index in [4.69, 9.17) is 16.3 Å². The van der Waals surface area contributed by atoms with E-state index in [0.717, 1.165) is 26.1 Å². The van der Waals surface area contributed by atoms with Gasteiger partial charge in [0.2, 0.25) is 0 Å². The van der Waals surface area contributed by atoms with Crippen molar-refractivity contribution in [2.45, 2.75) is 31.6 Å². The monoisotopic (exact) mass is 238 g/mol. The third-order valence-electron chi connectivity index (χ3n) is 3.22. The van der Waals surface area contributed by atoms with E-state index >= 15 is 0 Å². The number of halogens is 1. The molecule has 0 amide bonds. The van der Waals surface area contributed by atoms with E-state index in [9.17, 15) is 0 Å². The summed E-state index contributed by atoms with van der Waals surface area (Å²) in [7, 11) is 0. The van der Waals surface area contributed by atoms with Crippen molar-refractivity contribution in [1.29, 1.82) is 0 Å². The first-order valence-corrected chi connectivity index (χ1v) is 6.55. The van der Waals surface area contributed by atoms with Gasteiger partial charge < -0.3 is 4.74 Å².